The van der Waals surface area contributed by atoms with E-state index >= 15 is 0 Å². The number of rotatable bonds is 4. The Morgan fingerprint density at radius 3 is 2.40 bits per heavy atom. The molecule has 0 atom stereocenters. The molecule has 0 aliphatic carbocycles. The van der Waals surface area contributed by atoms with Crippen molar-refractivity contribution in [3.8, 4) is 5.75 Å². The van der Waals surface area contributed by atoms with Crippen molar-refractivity contribution in [1.82, 2.24) is 0 Å². The van der Waals surface area contributed by atoms with Gasteiger partial charge in [0.2, 0.25) is 0 Å². The maximum Gasteiger partial charge on any atom is 0.171 e. The van der Waals surface area contributed by atoms with Gasteiger partial charge in [0.05, 0.1) is 12.7 Å². The zero-order valence-electron chi connectivity index (χ0n) is 12.7. The van der Waals surface area contributed by atoms with Gasteiger partial charge in [-0.2, -0.15) is 0 Å². The van der Waals surface area contributed by atoms with Gasteiger partial charge >= 0.3 is 0 Å². The van der Waals surface area contributed by atoms with Crippen LogP contribution in [0.15, 0.2) is 22.6 Å². The van der Waals surface area contributed by atoms with E-state index in [-0.39, 0.29) is 5.78 Å². The summed E-state index contributed by atoms with van der Waals surface area (Å²) < 4.78 is 10.9. The molecule has 0 aliphatic heterocycles. The predicted molar refractivity (Wildman–Crippen MR) is 78.7 cm³/mol. The molecule has 0 fully saturated rings. The van der Waals surface area contributed by atoms with Crippen LogP contribution in [0.4, 0.5) is 0 Å². The van der Waals surface area contributed by atoms with Crippen molar-refractivity contribution in [2.24, 2.45) is 0 Å². The molecule has 0 aliphatic rings. The summed E-state index contributed by atoms with van der Waals surface area (Å²) in [6, 6.07) is 5.87. The lowest BCUT2D eigenvalue weighted by molar-refractivity contribution is 0.0990. The standard InChI is InChI=1S/C17H20O3/c1-10-6-7-16(19-5)14(8-10)9-15(18)17-11(2)12(3)20-13(17)4/h6-8H,9H2,1-5H3. The van der Waals surface area contributed by atoms with Gasteiger partial charge in [-0.1, -0.05) is 17.7 Å². The van der Waals surface area contributed by atoms with Crippen LogP contribution >= 0.6 is 0 Å². The monoisotopic (exact) mass is 272 g/mol. The van der Waals surface area contributed by atoms with Crippen LogP contribution in [0.5, 0.6) is 5.75 Å². The van der Waals surface area contributed by atoms with Crippen molar-refractivity contribution >= 4 is 5.78 Å². The number of methoxy groups -OCH3 is 1. The molecule has 0 saturated heterocycles. The number of carbonyl (C=O) groups is 1. The van der Waals surface area contributed by atoms with Crippen LogP contribution in [0.2, 0.25) is 0 Å². The van der Waals surface area contributed by atoms with Gasteiger partial charge in [0.1, 0.15) is 17.3 Å². The zero-order chi connectivity index (χ0) is 14.9. The Hall–Kier alpha value is -2.03. The first-order valence-corrected chi connectivity index (χ1v) is 6.67. The van der Waals surface area contributed by atoms with Crippen molar-refractivity contribution in [2.75, 3.05) is 7.11 Å². The molecule has 2 rings (SSSR count). The second-order valence-corrected chi connectivity index (χ2v) is 5.13. The van der Waals surface area contributed by atoms with Crippen LogP contribution in [-0.4, -0.2) is 12.9 Å². The van der Waals surface area contributed by atoms with E-state index in [9.17, 15) is 4.79 Å². The molecule has 0 amide bonds. The van der Waals surface area contributed by atoms with Crippen LogP contribution in [0.3, 0.4) is 0 Å². The van der Waals surface area contributed by atoms with Crippen molar-refractivity contribution in [2.45, 2.75) is 34.1 Å². The molecule has 0 unspecified atom stereocenters. The second-order valence-electron chi connectivity index (χ2n) is 5.13. The smallest absolute Gasteiger partial charge is 0.171 e. The molecule has 0 spiro atoms. The SMILES string of the molecule is COc1ccc(C)cc1CC(=O)c1c(C)oc(C)c1C. The number of furan rings is 1. The first-order valence-electron chi connectivity index (χ1n) is 6.67. The summed E-state index contributed by atoms with van der Waals surface area (Å²) in [5.74, 6) is 2.32. The Morgan fingerprint density at radius 1 is 1.15 bits per heavy atom. The average molecular weight is 272 g/mol. The number of benzene rings is 1. The normalized spacial score (nSPS) is 10.7. The fraction of sp³-hybridized carbons (Fsp3) is 0.353. The van der Waals surface area contributed by atoms with Gasteiger partial charge in [0.25, 0.3) is 0 Å². The lowest BCUT2D eigenvalue weighted by Gasteiger charge is -2.09. The largest absolute Gasteiger partial charge is 0.496 e. The molecule has 1 aromatic heterocycles. The predicted octanol–water partition coefficient (Wildman–Crippen LogP) is 3.95. The highest BCUT2D eigenvalue weighted by atomic mass is 16.5. The second kappa shape index (κ2) is 5.53. The van der Waals surface area contributed by atoms with Crippen LogP contribution in [0.25, 0.3) is 0 Å². The lowest BCUT2D eigenvalue weighted by atomic mass is 9.98. The molecule has 1 aromatic carbocycles. The highest BCUT2D eigenvalue weighted by molar-refractivity contribution is 6.00. The number of Topliss-reactive ketones (excluding diaryl/α,β-unsaturated/α-hetero) is 1. The molecule has 0 radical (unpaired) electrons. The van der Waals surface area contributed by atoms with Gasteiger partial charge in [-0.15, -0.1) is 0 Å². The molecule has 0 saturated carbocycles. The molecular formula is C17H20O3. The average Bonchev–Trinajstić information content (AvgIpc) is 2.63. The molecular weight excluding hydrogens is 252 g/mol. The number of hydrogen-bond donors (Lipinski definition) is 0. The van der Waals surface area contributed by atoms with E-state index in [4.69, 9.17) is 9.15 Å². The third-order valence-electron chi connectivity index (χ3n) is 3.63. The number of hydrogen-bond acceptors (Lipinski definition) is 3. The molecule has 2 aromatic rings. The Morgan fingerprint density at radius 2 is 1.85 bits per heavy atom. The van der Waals surface area contributed by atoms with Crippen LogP contribution in [-0.2, 0) is 6.42 Å². The van der Waals surface area contributed by atoms with Crippen molar-refractivity contribution in [3.63, 3.8) is 0 Å². The maximum atomic E-state index is 12.5. The van der Waals surface area contributed by atoms with Crippen LogP contribution < -0.4 is 4.74 Å². The van der Waals surface area contributed by atoms with Crippen molar-refractivity contribution in [3.05, 3.63) is 52.0 Å². The molecule has 106 valence electrons. The highest BCUT2D eigenvalue weighted by Gasteiger charge is 2.20. The van der Waals surface area contributed by atoms with Gasteiger partial charge < -0.3 is 9.15 Å². The number of ketones is 1. The van der Waals surface area contributed by atoms with Crippen LogP contribution in [0, 0.1) is 27.7 Å². The van der Waals surface area contributed by atoms with Crippen molar-refractivity contribution < 1.29 is 13.9 Å². The fourth-order valence-electron chi connectivity index (χ4n) is 2.51. The highest BCUT2D eigenvalue weighted by Crippen LogP contribution is 2.25. The summed E-state index contributed by atoms with van der Waals surface area (Å²) >= 11 is 0. The summed E-state index contributed by atoms with van der Waals surface area (Å²) in [5, 5.41) is 0. The van der Waals surface area contributed by atoms with Crippen molar-refractivity contribution in [1.29, 1.82) is 0 Å². The zero-order valence-corrected chi connectivity index (χ0v) is 12.7. The third kappa shape index (κ3) is 2.62. The Kier molecular flexibility index (Phi) is 3.98. The molecule has 0 N–H and O–H groups in total. The summed E-state index contributed by atoms with van der Waals surface area (Å²) in [5.41, 5.74) is 3.66. The van der Waals surface area contributed by atoms with Gasteiger partial charge in [-0.3, -0.25) is 4.79 Å². The summed E-state index contributed by atoms with van der Waals surface area (Å²) in [4.78, 5) is 12.5. The van der Waals surface area contributed by atoms with Gasteiger partial charge in [-0.25, -0.2) is 0 Å². The van der Waals surface area contributed by atoms with E-state index in [1.54, 1.807) is 7.11 Å². The molecule has 3 nitrogen and oxygen atoms in total. The third-order valence-corrected chi connectivity index (χ3v) is 3.63. The Bertz CT molecular complexity index is 650. The van der Waals surface area contributed by atoms with Crippen LogP contribution in [0.1, 0.15) is 38.6 Å². The van der Waals surface area contributed by atoms with E-state index in [1.807, 2.05) is 45.9 Å². The van der Waals surface area contributed by atoms with E-state index in [2.05, 4.69) is 0 Å². The van der Waals surface area contributed by atoms with Gasteiger partial charge in [0, 0.05) is 17.5 Å². The number of carbonyl (C=O) groups excluding carboxylic acids is 1. The topological polar surface area (TPSA) is 39.4 Å². The molecule has 1 heterocycles. The maximum absolute atomic E-state index is 12.5. The van der Waals surface area contributed by atoms with Gasteiger partial charge in [0.15, 0.2) is 5.78 Å². The van der Waals surface area contributed by atoms with E-state index in [0.717, 1.165) is 28.2 Å². The summed E-state index contributed by atoms with van der Waals surface area (Å²) in [7, 11) is 1.62. The lowest BCUT2D eigenvalue weighted by Crippen LogP contribution is -2.07. The van der Waals surface area contributed by atoms with E-state index in [1.165, 1.54) is 0 Å². The quantitative estimate of drug-likeness (QED) is 0.791. The first kappa shape index (κ1) is 14.4. The number of ether oxygens (including phenoxy) is 1. The Balaban J connectivity index is 2.35. The van der Waals surface area contributed by atoms with E-state index < -0.39 is 0 Å². The summed E-state index contributed by atoms with van der Waals surface area (Å²) in [6.45, 7) is 7.64. The number of aryl methyl sites for hydroxylation is 3. The minimum Gasteiger partial charge on any atom is -0.496 e. The molecule has 20 heavy (non-hydrogen) atoms. The van der Waals surface area contributed by atoms with E-state index in [0.29, 0.717) is 17.7 Å². The Labute approximate surface area is 119 Å². The fourth-order valence-corrected chi connectivity index (χ4v) is 2.51. The minimum absolute atomic E-state index is 0.0701. The molecule has 0 bridgehead atoms. The molecule has 3 heteroatoms. The van der Waals surface area contributed by atoms with Gasteiger partial charge in [-0.05, 0) is 33.8 Å². The minimum atomic E-state index is 0.0701. The summed E-state index contributed by atoms with van der Waals surface area (Å²) in [6.07, 6.45) is 0.325. The first-order chi connectivity index (χ1) is 9.43.